The Kier molecular flexibility index (Phi) is 4.43. The molecule has 0 atom stereocenters. The minimum atomic E-state index is -0.763. The van der Waals surface area contributed by atoms with Crippen LogP contribution in [0.3, 0.4) is 0 Å². The van der Waals surface area contributed by atoms with E-state index in [1.54, 1.807) is 0 Å². The molecule has 0 aromatic carbocycles. The SMILES string of the molecule is NC(=S)CNC(=O)C(=O)Nc1nc2c(s1)CCCC2. The Morgan fingerprint density at radius 2 is 2.05 bits per heavy atom. The van der Waals surface area contributed by atoms with Crippen LogP contribution >= 0.6 is 23.6 Å². The number of fused-ring (bicyclic) bond motifs is 1. The lowest BCUT2D eigenvalue weighted by Gasteiger charge is -2.06. The molecule has 2 rings (SSSR count). The fourth-order valence-electron chi connectivity index (χ4n) is 1.81. The standard InChI is InChI=1S/C11H14N4O2S2/c12-8(18)5-13-9(16)10(17)15-11-14-6-3-1-2-4-7(6)19-11/h1-5H2,(H2,12,18)(H,13,16)(H,14,15,17). The van der Waals surface area contributed by atoms with Crippen molar-refractivity contribution in [1.82, 2.24) is 10.3 Å². The summed E-state index contributed by atoms with van der Waals surface area (Å²) in [5.41, 5.74) is 6.27. The maximum absolute atomic E-state index is 11.6. The van der Waals surface area contributed by atoms with E-state index < -0.39 is 11.8 Å². The van der Waals surface area contributed by atoms with Crippen LogP contribution in [0.25, 0.3) is 0 Å². The van der Waals surface area contributed by atoms with Crippen LogP contribution in [0.1, 0.15) is 23.4 Å². The van der Waals surface area contributed by atoms with Gasteiger partial charge in [0.2, 0.25) is 0 Å². The molecule has 19 heavy (non-hydrogen) atoms. The summed E-state index contributed by atoms with van der Waals surface area (Å²) < 4.78 is 0. The van der Waals surface area contributed by atoms with Crippen molar-refractivity contribution < 1.29 is 9.59 Å². The molecule has 0 saturated carbocycles. The van der Waals surface area contributed by atoms with Gasteiger partial charge in [0.05, 0.1) is 17.2 Å². The van der Waals surface area contributed by atoms with Crippen molar-refractivity contribution in [3.8, 4) is 0 Å². The second kappa shape index (κ2) is 6.07. The van der Waals surface area contributed by atoms with Crippen LogP contribution in [0.15, 0.2) is 0 Å². The third-order valence-corrected chi connectivity index (χ3v) is 3.91. The van der Waals surface area contributed by atoms with Gasteiger partial charge in [-0.2, -0.15) is 0 Å². The Morgan fingerprint density at radius 1 is 1.32 bits per heavy atom. The maximum Gasteiger partial charge on any atom is 0.315 e. The molecule has 0 unspecified atom stereocenters. The highest BCUT2D eigenvalue weighted by Gasteiger charge is 2.19. The fraction of sp³-hybridized carbons (Fsp3) is 0.455. The number of anilines is 1. The van der Waals surface area contributed by atoms with Gasteiger partial charge >= 0.3 is 11.8 Å². The summed E-state index contributed by atoms with van der Waals surface area (Å²) >= 11 is 6.04. The lowest BCUT2D eigenvalue weighted by Crippen LogP contribution is -2.39. The highest BCUT2D eigenvalue weighted by atomic mass is 32.1. The highest BCUT2D eigenvalue weighted by Crippen LogP contribution is 2.29. The number of nitrogens with two attached hydrogens (primary N) is 1. The summed E-state index contributed by atoms with van der Waals surface area (Å²) in [6, 6.07) is 0. The molecule has 0 saturated heterocycles. The second-order valence-electron chi connectivity index (χ2n) is 4.20. The zero-order chi connectivity index (χ0) is 13.8. The average Bonchev–Trinajstić information content (AvgIpc) is 2.77. The molecule has 1 aliphatic carbocycles. The summed E-state index contributed by atoms with van der Waals surface area (Å²) in [6.45, 7) is 0.00988. The molecule has 4 N–H and O–H groups in total. The van der Waals surface area contributed by atoms with Gasteiger partial charge in [0, 0.05) is 4.88 Å². The first kappa shape index (κ1) is 13.9. The number of thiocarbonyl (C=S) groups is 1. The van der Waals surface area contributed by atoms with Crippen molar-refractivity contribution in [1.29, 1.82) is 0 Å². The van der Waals surface area contributed by atoms with Crippen LogP contribution in [-0.2, 0) is 22.4 Å². The first-order valence-corrected chi connectivity index (χ1v) is 7.15. The van der Waals surface area contributed by atoms with Crippen LogP contribution in [-0.4, -0.2) is 28.3 Å². The highest BCUT2D eigenvalue weighted by molar-refractivity contribution is 7.80. The zero-order valence-corrected chi connectivity index (χ0v) is 11.8. The van der Waals surface area contributed by atoms with Gasteiger partial charge in [-0.1, -0.05) is 12.2 Å². The van der Waals surface area contributed by atoms with E-state index in [4.69, 9.17) is 5.73 Å². The van der Waals surface area contributed by atoms with Crippen LogP contribution in [0.2, 0.25) is 0 Å². The number of thiazole rings is 1. The number of aryl methyl sites for hydroxylation is 2. The molecule has 1 aliphatic rings. The minimum absolute atomic E-state index is 0.00988. The Labute approximate surface area is 119 Å². The Hall–Kier alpha value is -1.54. The largest absolute Gasteiger partial charge is 0.392 e. The van der Waals surface area contributed by atoms with Crippen molar-refractivity contribution in [3.63, 3.8) is 0 Å². The Morgan fingerprint density at radius 3 is 2.74 bits per heavy atom. The number of nitrogens with zero attached hydrogens (tertiary/aromatic N) is 1. The predicted molar refractivity (Wildman–Crippen MR) is 77.2 cm³/mol. The number of amides is 2. The molecular weight excluding hydrogens is 284 g/mol. The molecular formula is C11H14N4O2S2. The summed E-state index contributed by atoms with van der Waals surface area (Å²) in [7, 11) is 0. The lowest BCUT2D eigenvalue weighted by molar-refractivity contribution is -0.135. The van der Waals surface area contributed by atoms with E-state index in [9.17, 15) is 9.59 Å². The first-order valence-electron chi connectivity index (χ1n) is 5.92. The summed E-state index contributed by atoms with van der Waals surface area (Å²) in [5.74, 6) is -1.51. The summed E-state index contributed by atoms with van der Waals surface area (Å²) in [6.07, 6.45) is 4.21. The number of aromatic nitrogens is 1. The van der Waals surface area contributed by atoms with Crippen LogP contribution in [0, 0.1) is 0 Å². The van der Waals surface area contributed by atoms with E-state index in [0.717, 1.165) is 31.4 Å². The average molecular weight is 298 g/mol. The van der Waals surface area contributed by atoms with Gasteiger partial charge in [0.1, 0.15) is 0 Å². The van der Waals surface area contributed by atoms with Crippen molar-refractivity contribution in [2.75, 3.05) is 11.9 Å². The molecule has 102 valence electrons. The molecule has 0 aliphatic heterocycles. The molecule has 0 spiro atoms. The third-order valence-electron chi connectivity index (χ3n) is 2.70. The molecule has 1 aromatic heterocycles. The second-order valence-corrected chi connectivity index (χ2v) is 5.81. The van der Waals surface area contributed by atoms with Crippen molar-refractivity contribution >= 4 is 45.5 Å². The fourth-order valence-corrected chi connectivity index (χ4v) is 2.92. The molecule has 1 aromatic rings. The number of nitrogens with one attached hydrogen (secondary N) is 2. The molecule has 2 amide bonds. The number of hydrogen-bond acceptors (Lipinski definition) is 5. The first-order chi connectivity index (χ1) is 9.06. The summed E-state index contributed by atoms with van der Waals surface area (Å²) in [5, 5.41) is 5.29. The van der Waals surface area contributed by atoms with E-state index in [1.165, 1.54) is 16.2 Å². The van der Waals surface area contributed by atoms with Gasteiger partial charge in [0.15, 0.2) is 5.13 Å². The van der Waals surface area contributed by atoms with E-state index in [0.29, 0.717) is 5.13 Å². The van der Waals surface area contributed by atoms with Gasteiger partial charge in [-0.15, -0.1) is 11.3 Å². The van der Waals surface area contributed by atoms with Crippen LogP contribution < -0.4 is 16.4 Å². The van der Waals surface area contributed by atoms with Crippen molar-refractivity contribution in [2.45, 2.75) is 25.7 Å². The van der Waals surface area contributed by atoms with Crippen LogP contribution in [0.4, 0.5) is 5.13 Å². The molecule has 0 radical (unpaired) electrons. The van der Waals surface area contributed by atoms with Gasteiger partial charge in [-0.25, -0.2) is 4.98 Å². The molecule has 1 heterocycles. The Balaban J connectivity index is 1.93. The van der Waals surface area contributed by atoms with Crippen molar-refractivity contribution in [3.05, 3.63) is 10.6 Å². The molecule has 8 heteroatoms. The van der Waals surface area contributed by atoms with Gasteiger partial charge < -0.3 is 11.1 Å². The van der Waals surface area contributed by atoms with E-state index >= 15 is 0 Å². The molecule has 6 nitrogen and oxygen atoms in total. The number of hydrogen-bond donors (Lipinski definition) is 3. The Bertz CT molecular complexity index is 503. The monoisotopic (exact) mass is 298 g/mol. The number of rotatable bonds is 3. The third kappa shape index (κ3) is 3.71. The van der Waals surface area contributed by atoms with Gasteiger partial charge in [-0.05, 0) is 25.7 Å². The topological polar surface area (TPSA) is 97.1 Å². The zero-order valence-electron chi connectivity index (χ0n) is 10.2. The predicted octanol–water partition coefficient (Wildman–Crippen LogP) is 0.363. The molecule has 0 fully saturated rings. The van der Waals surface area contributed by atoms with Crippen LogP contribution in [0.5, 0.6) is 0 Å². The molecule has 0 bridgehead atoms. The maximum atomic E-state index is 11.6. The normalized spacial score (nSPS) is 13.5. The van der Waals surface area contributed by atoms with E-state index in [2.05, 4.69) is 27.8 Å². The minimum Gasteiger partial charge on any atom is -0.392 e. The lowest BCUT2D eigenvalue weighted by atomic mass is 10.0. The van der Waals surface area contributed by atoms with Gasteiger partial charge in [0.25, 0.3) is 0 Å². The quantitative estimate of drug-likeness (QED) is 0.553. The smallest absolute Gasteiger partial charge is 0.315 e. The number of carbonyl (C=O) groups is 2. The summed E-state index contributed by atoms with van der Waals surface area (Å²) in [4.78, 5) is 28.7. The van der Waals surface area contributed by atoms with E-state index in [-0.39, 0.29) is 11.5 Å². The van der Waals surface area contributed by atoms with Crippen molar-refractivity contribution in [2.24, 2.45) is 5.73 Å². The number of carbonyl (C=O) groups excluding carboxylic acids is 2. The van der Waals surface area contributed by atoms with E-state index in [1.807, 2.05) is 0 Å². The van der Waals surface area contributed by atoms with Gasteiger partial charge in [-0.3, -0.25) is 14.9 Å².